The van der Waals surface area contributed by atoms with Gasteiger partial charge in [0.05, 0.1) is 12.1 Å². The van der Waals surface area contributed by atoms with Crippen molar-refractivity contribution in [3.05, 3.63) is 108 Å². The van der Waals surface area contributed by atoms with Crippen LogP contribution in [0.25, 0.3) is 0 Å². The fourth-order valence-electron chi connectivity index (χ4n) is 7.33. The van der Waals surface area contributed by atoms with Crippen molar-refractivity contribution in [1.82, 2.24) is 0 Å². The van der Waals surface area contributed by atoms with Gasteiger partial charge in [-0.05, 0) is 98.5 Å². The van der Waals surface area contributed by atoms with Gasteiger partial charge in [-0.25, -0.2) is 0 Å². The van der Waals surface area contributed by atoms with E-state index in [9.17, 15) is 19.2 Å². The smallest absolute Gasteiger partial charge is 0.250 e. The van der Waals surface area contributed by atoms with Crippen molar-refractivity contribution in [3.8, 4) is 0 Å². The van der Waals surface area contributed by atoms with Gasteiger partial charge in [-0.15, -0.1) is 0 Å². The van der Waals surface area contributed by atoms with Gasteiger partial charge in [0.25, 0.3) is 0 Å². The third-order valence-electron chi connectivity index (χ3n) is 9.81. The highest BCUT2D eigenvalue weighted by Gasteiger charge is 2.34. The number of nitrogens with one attached hydrogen (secondary N) is 4. The summed E-state index contributed by atoms with van der Waals surface area (Å²) in [4.78, 5) is 54.2. The summed E-state index contributed by atoms with van der Waals surface area (Å²) in [5.41, 5.74) is 7.05. The Balaban J connectivity index is 0.944. The molecule has 0 fully saturated rings. The number of para-hydroxylation sites is 2. The normalized spacial score (nSPS) is 19.0. The Kier molecular flexibility index (Phi) is 11.7. The molecule has 53 heavy (non-hydrogen) atoms. The average Bonchev–Trinajstić information content (AvgIpc) is 3.16. The maximum Gasteiger partial charge on any atom is 0.250 e. The number of ether oxygens (including phenoxy) is 1. The lowest BCUT2D eigenvalue weighted by molar-refractivity contribution is -0.125. The summed E-state index contributed by atoms with van der Waals surface area (Å²) < 4.78 is 5.40. The molecule has 2 aliphatic rings. The topological polar surface area (TPSA) is 132 Å². The molecule has 0 spiro atoms. The van der Waals surface area contributed by atoms with Crippen molar-refractivity contribution >= 4 is 57.8 Å². The van der Waals surface area contributed by atoms with Crippen LogP contribution >= 0.6 is 0 Å². The Morgan fingerprint density at radius 1 is 0.566 bits per heavy atom. The van der Waals surface area contributed by atoms with Gasteiger partial charge >= 0.3 is 0 Å². The van der Waals surface area contributed by atoms with Gasteiger partial charge in [-0.1, -0.05) is 50.2 Å². The van der Waals surface area contributed by atoms with Crippen LogP contribution < -0.4 is 31.1 Å². The van der Waals surface area contributed by atoms with Crippen LogP contribution in [0.3, 0.4) is 0 Å². The number of anilines is 6. The highest BCUT2D eigenvalue weighted by atomic mass is 16.5. The molecule has 0 saturated heterocycles. The fourth-order valence-corrected chi connectivity index (χ4v) is 7.33. The van der Waals surface area contributed by atoms with E-state index in [1.54, 1.807) is 0 Å². The quantitative estimate of drug-likeness (QED) is 0.118. The van der Waals surface area contributed by atoms with Crippen LogP contribution in [0.1, 0.15) is 76.6 Å². The molecule has 11 nitrogen and oxygen atoms in total. The summed E-state index contributed by atoms with van der Waals surface area (Å²) in [7, 11) is 0. The first kappa shape index (κ1) is 37.1. The Hall–Kier alpha value is -5.68. The molecule has 6 rings (SSSR count). The Bertz CT molecular complexity index is 1790. The zero-order chi connectivity index (χ0) is 37.5. The number of benzene rings is 4. The predicted molar refractivity (Wildman–Crippen MR) is 210 cm³/mol. The van der Waals surface area contributed by atoms with Crippen LogP contribution in [0.15, 0.2) is 97.1 Å². The SMILES string of the molecule is CCC(=O)N1c2ccccc2[C@H](Nc2ccc(NC(=O)COCC(=O)Nc3ccc(N[C@@H]4C[C@H](C)N(C(=O)CC)c5ccccc54)cc3)cc2)C[C@@H]1C. The molecule has 0 aromatic heterocycles. The summed E-state index contributed by atoms with van der Waals surface area (Å²) in [6.45, 7) is 7.36. The van der Waals surface area contributed by atoms with Gasteiger partial charge < -0.3 is 35.8 Å². The molecule has 4 amide bonds. The second kappa shape index (κ2) is 16.8. The van der Waals surface area contributed by atoms with E-state index < -0.39 is 0 Å². The van der Waals surface area contributed by atoms with Crippen molar-refractivity contribution in [2.75, 3.05) is 44.3 Å². The van der Waals surface area contributed by atoms with E-state index in [0.717, 1.165) is 46.7 Å². The first-order chi connectivity index (χ1) is 25.6. The predicted octanol–water partition coefficient (Wildman–Crippen LogP) is 7.66. The molecule has 0 saturated carbocycles. The molecule has 2 heterocycles. The summed E-state index contributed by atoms with van der Waals surface area (Å²) in [5.74, 6) is -0.510. The van der Waals surface area contributed by atoms with Gasteiger partial charge in [0.15, 0.2) is 0 Å². The zero-order valence-corrected chi connectivity index (χ0v) is 30.7. The maximum absolute atomic E-state index is 12.7. The van der Waals surface area contributed by atoms with Gasteiger partial charge in [0.1, 0.15) is 13.2 Å². The highest BCUT2D eigenvalue weighted by molar-refractivity contribution is 5.96. The van der Waals surface area contributed by atoms with E-state index in [-0.39, 0.29) is 61.0 Å². The van der Waals surface area contributed by atoms with Crippen LogP contribution in [-0.4, -0.2) is 48.9 Å². The second-order valence-corrected chi connectivity index (χ2v) is 13.7. The van der Waals surface area contributed by atoms with Gasteiger partial charge in [-0.2, -0.15) is 0 Å². The molecule has 276 valence electrons. The third kappa shape index (κ3) is 8.69. The standard InChI is InChI=1S/C42H48N6O5/c1-5-41(51)47-27(3)23-35(33-11-7-9-13-37(33)47)43-29-15-19-31(20-16-29)45-39(49)25-53-26-40(50)46-32-21-17-30(18-22-32)44-36-24-28(4)48(42(52)6-2)38-14-10-8-12-34(36)38/h7-22,27-28,35-36,43-44H,5-6,23-26H2,1-4H3,(H,45,49)(H,46,50)/t27-,28-,35+,36+/m0/s1. The van der Waals surface area contributed by atoms with E-state index in [4.69, 9.17) is 4.74 Å². The lowest BCUT2D eigenvalue weighted by atomic mass is 9.91. The Labute approximate surface area is 311 Å². The monoisotopic (exact) mass is 716 g/mol. The molecule has 0 bridgehead atoms. The Morgan fingerprint density at radius 3 is 1.30 bits per heavy atom. The first-order valence-corrected chi connectivity index (χ1v) is 18.4. The number of nitrogens with zero attached hydrogens (tertiary/aromatic N) is 2. The van der Waals surface area contributed by atoms with E-state index in [2.05, 4.69) is 47.2 Å². The van der Waals surface area contributed by atoms with Crippen LogP contribution in [0, 0.1) is 0 Å². The number of carbonyl (C=O) groups is 4. The molecule has 0 unspecified atom stereocenters. The van der Waals surface area contributed by atoms with Crippen molar-refractivity contribution in [2.24, 2.45) is 0 Å². The number of rotatable bonds is 12. The van der Waals surface area contributed by atoms with Gasteiger partial charge in [0.2, 0.25) is 23.6 Å². The summed E-state index contributed by atoms with van der Waals surface area (Å²) in [5, 5.41) is 12.8. The molecule has 4 aromatic rings. The summed E-state index contributed by atoms with van der Waals surface area (Å²) in [6.07, 6.45) is 2.45. The number of fused-ring (bicyclic) bond motifs is 2. The second-order valence-electron chi connectivity index (χ2n) is 13.7. The Morgan fingerprint density at radius 2 is 0.925 bits per heavy atom. The zero-order valence-electron chi connectivity index (χ0n) is 30.7. The summed E-state index contributed by atoms with van der Waals surface area (Å²) >= 11 is 0. The molecule has 4 aromatic carbocycles. The van der Waals surface area contributed by atoms with E-state index in [0.29, 0.717) is 24.2 Å². The van der Waals surface area contributed by atoms with Crippen LogP contribution in [0.2, 0.25) is 0 Å². The van der Waals surface area contributed by atoms with Crippen molar-refractivity contribution < 1.29 is 23.9 Å². The largest absolute Gasteiger partial charge is 0.378 e. The minimum atomic E-state index is -0.370. The van der Waals surface area contributed by atoms with E-state index in [1.807, 2.05) is 109 Å². The first-order valence-electron chi connectivity index (χ1n) is 18.4. The maximum atomic E-state index is 12.7. The van der Waals surface area contributed by atoms with Crippen LogP contribution in [-0.2, 0) is 23.9 Å². The lowest BCUT2D eigenvalue weighted by Crippen LogP contribution is -2.44. The number of carbonyl (C=O) groups excluding carboxylic acids is 4. The van der Waals surface area contributed by atoms with E-state index >= 15 is 0 Å². The van der Waals surface area contributed by atoms with Gasteiger partial charge in [-0.3, -0.25) is 19.2 Å². The molecule has 4 N–H and O–H groups in total. The minimum Gasteiger partial charge on any atom is -0.378 e. The van der Waals surface area contributed by atoms with Crippen LogP contribution in [0.5, 0.6) is 0 Å². The molecule has 11 heteroatoms. The fraction of sp³-hybridized carbons (Fsp3) is 0.333. The molecule has 4 atom stereocenters. The summed E-state index contributed by atoms with van der Waals surface area (Å²) in [6, 6.07) is 31.0. The third-order valence-corrected chi connectivity index (χ3v) is 9.81. The van der Waals surface area contributed by atoms with E-state index in [1.165, 1.54) is 0 Å². The number of amides is 4. The highest BCUT2D eigenvalue weighted by Crippen LogP contribution is 2.40. The average molecular weight is 717 g/mol. The van der Waals surface area contributed by atoms with Crippen molar-refractivity contribution in [2.45, 2.75) is 77.5 Å². The number of hydrogen-bond donors (Lipinski definition) is 4. The molecule has 2 aliphatic heterocycles. The minimum absolute atomic E-state index is 0.0338. The molecule has 0 radical (unpaired) electrons. The molecular formula is C42H48N6O5. The van der Waals surface area contributed by atoms with Crippen molar-refractivity contribution in [1.29, 1.82) is 0 Å². The molecular weight excluding hydrogens is 668 g/mol. The van der Waals surface area contributed by atoms with Crippen LogP contribution in [0.4, 0.5) is 34.1 Å². The molecule has 0 aliphatic carbocycles. The number of hydrogen-bond acceptors (Lipinski definition) is 7. The van der Waals surface area contributed by atoms with Crippen molar-refractivity contribution in [3.63, 3.8) is 0 Å². The lowest BCUT2D eigenvalue weighted by Gasteiger charge is -2.40. The van der Waals surface area contributed by atoms with Gasteiger partial charge in [0, 0.05) is 59.0 Å².